The van der Waals surface area contributed by atoms with Gasteiger partial charge in [-0.25, -0.2) is 0 Å². The molecule has 162 valence electrons. The van der Waals surface area contributed by atoms with E-state index in [4.69, 9.17) is 13.9 Å². The van der Waals surface area contributed by atoms with E-state index < -0.39 is 23.5 Å². The zero-order valence-electron chi connectivity index (χ0n) is 17.5. The van der Waals surface area contributed by atoms with Crippen LogP contribution in [0.2, 0.25) is 0 Å². The number of nitrogens with zero attached hydrogens (tertiary/aromatic N) is 1. The second-order valence-electron chi connectivity index (χ2n) is 7.30. The lowest BCUT2D eigenvalue weighted by Gasteiger charge is -2.26. The van der Waals surface area contributed by atoms with Crippen molar-refractivity contribution < 1.29 is 28.6 Å². The van der Waals surface area contributed by atoms with Crippen LogP contribution < -0.4 is 4.74 Å². The van der Waals surface area contributed by atoms with Gasteiger partial charge in [0.25, 0.3) is 5.91 Å². The number of rotatable bonds is 8. The zero-order valence-corrected chi connectivity index (χ0v) is 18.3. The first-order chi connectivity index (χ1) is 15.0. The number of benzene rings is 1. The molecule has 0 bridgehead atoms. The highest BCUT2D eigenvalue weighted by molar-refractivity contribution is 7.10. The molecule has 1 unspecified atom stereocenters. The molecule has 4 rings (SSSR count). The van der Waals surface area contributed by atoms with Crippen LogP contribution >= 0.6 is 11.3 Å². The summed E-state index contributed by atoms with van der Waals surface area (Å²) in [5, 5.41) is 13.3. The van der Waals surface area contributed by atoms with Crippen molar-refractivity contribution in [2.45, 2.75) is 19.4 Å². The fourth-order valence-electron chi connectivity index (χ4n) is 3.87. The average Bonchev–Trinajstić information content (AvgIpc) is 3.45. The summed E-state index contributed by atoms with van der Waals surface area (Å²) in [5.74, 6) is -1.06. The molecule has 0 spiro atoms. The topological polar surface area (TPSA) is 89.2 Å². The van der Waals surface area contributed by atoms with E-state index in [9.17, 15) is 14.7 Å². The Morgan fingerprint density at radius 2 is 2.10 bits per heavy atom. The Kier molecular flexibility index (Phi) is 5.84. The highest BCUT2D eigenvalue weighted by Gasteiger charge is 2.45. The minimum Gasteiger partial charge on any atom is -0.503 e. The molecule has 3 aromatic rings. The molecule has 2 aromatic heterocycles. The number of fused-ring (bicyclic) bond motifs is 1. The van der Waals surface area contributed by atoms with Crippen LogP contribution in [0.1, 0.15) is 33.5 Å². The molecule has 1 aliphatic heterocycles. The summed E-state index contributed by atoms with van der Waals surface area (Å²) in [6.45, 7) is 2.74. The summed E-state index contributed by atoms with van der Waals surface area (Å²) in [5.41, 5.74) is 1.43. The summed E-state index contributed by atoms with van der Waals surface area (Å²) in [7, 11) is 3.11. The molecule has 3 heterocycles. The summed E-state index contributed by atoms with van der Waals surface area (Å²) < 4.78 is 16.2. The van der Waals surface area contributed by atoms with Gasteiger partial charge in [-0.05, 0) is 42.5 Å². The van der Waals surface area contributed by atoms with Crippen molar-refractivity contribution in [3.05, 3.63) is 63.2 Å². The van der Waals surface area contributed by atoms with Crippen LogP contribution in [-0.4, -0.2) is 49.1 Å². The van der Waals surface area contributed by atoms with Crippen molar-refractivity contribution >= 4 is 34.0 Å². The first-order valence-electron chi connectivity index (χ1n) is 9.86. The maximum absolute atomic E-state index is 13.5. The Labute approximate surface area is 183 Å². The van der Waals surface area contributed by atoms with Gasteiger partial charge in [0, 0.05) is 30.5 Å². The van der Waals surface area contributed by atoms with E-state index in [1.54, 1.807) is 25.3 Å². The zero-order chi connectivity index (χ0) is 22.1. The van der Waals surface area contributed by atoms with Crippen LogP contribution in [0.3, 0.4) is 0 Å². The van der Waals surface area contributed by atoms with Gasteiger partial charge >= 0.3 is 0 Å². The number of Topliss-reactive ketones (excluding diaryl/α,β-unsaturated/α-hetero) is 1. The average molecular weight is 442 g/mol. The van der Waals surface area contributed by atoms with E-state index in [0.29, 0.717) is 36.3 Å². The number of furan rings is 1. The minimum atomic E-state index is -0.674. The quantitative estimate of drug-likeness (QED) is 0.411. The molecule has 0 radical (unpaired) electrons. The van der Waals surface area contributed by atoms with Crippen LogP contribution in [0.4, 0.5) is 0 Å². The van der Waals surface area contributed by atoms with Gasteiger partial charge in [0.15, 0.2) is 22.9 Å². The molecule has 1 amide bonds. The van der Waals surface area contributed by atoms with E-state index in [-0.39, 0.29) is 11.3 Å². The second kappa shape index (κ2) is 8.56. The molecule has 1 N–H and O–H groups in total. The molecule has 7 nitrogen and oxygen atoms in total. The third kappa shape index (κ3) is 3.62. The predicted octanol–water partition coefficient (Wildman–Crippen LogP) is 4.43. The normalized spacial score (nSPS) is 16.5. The molecular weight excluding hydrogens is 418 g/mol. The van der Waals surface area contributed by atoms with Gasteiger partial charge in [0.2, 0.25) is 5.78 Å². The number of aliphatic hydroxyl groups is 1. The lowest BCUT2D eigenvalue weighted by Crippen LogP contribution is -2.32. The van der Waals surface area contributed by atoms with E-state index in [2.05, 4.69) is 0 Å². The number of ketones is 1. The monoisotopic (exact) mass is 441 g/mol. The second-order valence-corrected chi connectivity index (χ2v) is 8.24. The van der Waals surface area contributed by atoms with Crippen LogP contribution in [0.25, 0.3) is 11.0 Å². The van der Waals surface area contributed by atoms with Gasteiger partial charge in [-0.2, -0.15) is 0 Å². The lowest BCUT2D eigenvalue weighted by molar-refractivity contribution is -0.129. The largest absolute Gasteiger partial charge is 0.503 e. The number of methoxy groups -OCH3 is 2. The molecule has 1 atom stereocenters. The molecule has 1 aliphatic rings. The van der Waals surface area contributed by atoms with Crippen molar-refractivity contribution in [1.82, 2.24) is 4.90 Å². The Hall–Kier alpha value is -3.10. The molecule has 0 saturated heterocycles. The molecule has 31 heavy (non-hydrogen) atoms. The summed E-state index contributed by atoms with van der Waals surface area (Å²) >= 11 is 1.45. The van der Waals surface area contributed by atoms with E-state index in [1.165, 1.54) is 23.3 Å². The Morgan fingerprint density at radius 1 is 1.29 bits per heavy atom. The maximum Gasteiger partial charge on any atom is 0.290 e. The SMILES string of the molecule is COCCCN1C(=O)C(O)=C(C(=O)c2cc3cccc(OC)c3o2)C1c1sccc1C. The maximum atomic E-state index is 13.5. The standard InChI is InChI=1S/C23H23NO6S/c1-13-8-11-31-22(13)18-17(20(26)23(27)24(18)9-5-10-28-2)19(25)16-12-14-6-4-7-15(29-3)21(14)30-16/h4,6-8,11-12,18,26H,5,9-10H2,1-3H3. The minimum absolute atomic E-state index is 0.0333. The fraction of sp³-hybridized carbons (Fsp3) is 0.304. The van der Waals surface area contributed by atoms with Crippen molar-refractivity contribution in [2.24, 2.45) is 0 Å². The predicted molar refractivity (Wildman–Crippen MR) is 117 cm³/mol. The number of thiophene rings is 1. The van der Waals surface area contributed by atoms with Crippen molar-refractivity contribution in [3.8, 4) is 5.75 Å². The summed E-state index contributed by atoms with van der Waals surface area (Å²) in [6, 6.07) is 8.22. The summed E-state index contributed by atoms with van der Waals surface area (Å²) in [4.78, 5) is 28.8. The highest BCUT2D eigenvalue weighted by Crippen LogP contribution is 2.43. The van der Waals surface area contributed by atoms with Crippen molar-refractivity contribution in [2.75, 3.05) is 27.4 Å². The van der Waals surface area contributed by atoms with Crippen LogP contribution in [0.5, 0.6) is 5.75 Å². The molecule has 1 aromatic carbocycles. The summed E-state index contributed by atoms with van der Waals surface area (Å²) in [6.07, 6.45) is 0.583. The first-order valence-corrected chi connectivity index (χ1v) is 10.7. The van der Waals surface area contributed by atoms with Crippen molar-refractivity contribution in [1.29, 1.82) is 0 Å². The van der Waals surface area contributed by atoms with Crippen LogP contribution in [0, 0.1) is 6.92 Å². The third-order valence-corrected chi connectivity index (χ3v) is 6.47. The van der Waals surface area contributed by atoms with Gasteiger partial charge in [-0.3, -0.25) is 9.59 Å². The van der Waals surface area contributed by atoms with Gasteiger partial charge < -0.3 is 23.9 Å². The Morgan fingerprint density at radius 3 is 2.77 bits per heavy atom. The number of hydrogen-bond donors (Lipinski definition) is 1. The van der Waals surface area contributed by atoms with Crippen molar-refractivity contribution in [3.63, 3.8) is 0 Å². The third-order valence-electron chi connectivity index (χ3n) is 5.40. The van der Waals surface area contributed by atoms with Gasteiger partial charge in [-0.15, -0.1) is 11.3 Å². The van der Waals surface area contributed by atoms with Gasteiger partial charge in [0.05, 0.1) is 18.7 Å². The number of carbonyl (C=O) groups excluding carboxylic acids is 2. The number of hydrogen-bond acceptors (Lipinski definition) is 7. The highest BCUT2D eigenvalue weighted by atomic mass is 32.1. The molecule has 0 saturated carbocycles. The van der Waals surface area contributed by atoms with Crippen LogP contribution in [-0.2, 0) is 9.53 Å². The Bertz CT molecular complexity index is 1170. The lowest BCUT2D eigenvalue weighted by atomic mass is 9.98. The van der Waals surface area contributed by atoms with E-state index in [1.807, 2.05) is 24.4 Å². The fourth-order valence-corrected chi connectivity index (χ4v) is 4.92. The smallest absolute Gasteiger partial charge is 0.290 e. The Balaban J connectivity index is 1.78. The molecule has 0 fully saturated rings. The van der Waals surface area contributed by atoms with Gasteiger partial charge in [-0.1, -0.05) is 12.1 Å². The van der Waals surface area contributed by atoms with E-state index >= 15 is 0 Å². The number of ether oxygens (including phenoxy) is 2. The number of amides is 1. The molecule has 8 heteroatoms. The number of aliphatic hydroxyl groups excluding tert-OH is 1. The van der Waals surface area contributed by atoms with E-state index in [0.717, 1.165) is 10.4 Å². The van der Waals surface area contributed by atoms with Gasteiger partial charge in [0.1, 0.15) is 0 Å². The van der Waals surface area contributed by atoms with Crippen LogP contribution in [0.15, 0.2) is 51.5 Å². The number of carbonyl (C=O) groups is 2. The first kappa shape index (κ1) is 21.1. The molecule has 0 aliphatic carbocycles. The number of aryl methyl sites for hydroxylation is 1. The number of para-hydroxylation sites is 1. The molecular formula is C23H23NO6S.